The van der Waals surface area contributed by atoms with Gasteiger partial charge in [0, 0.05) is 18.2 Å². The molecular formula is C29H34N4O2. The molecule has 0 atom stereocenters. The molecule has 0 saturated carbocycles. The van der Waals surface area contributed by atoms with E-state index in [0.29, 0.717) is 24.8 Å². The number of anilines is 2. The lowest BCUT2D eigenvalue weighted by molar-refractivity contribution is -0.117. The maximum atomic E-state index is 12.8. The van der Waals surface area contributed by atoms with Gasteiger partial charge in [-0.05, 0) is 54.6 Å². The third-order valence-electron chi connectivity index (χ3n) is 6.96. The minimum absolute atomic E-state index is 0.0388. The fourth-order valence-electron chi connectivity index (χ4n) is 4.91. The topological polar surface area (TPSA) is 71.7 Å². The first kappa shape index (κ1) is 23.4. The van der Waals surface area contributed by atoms with E-state index in [4.69, 9.17) is 10.5 Å². The number of pyridine rings is 1. The molecule has 0 bridgehead atoms. The monoisotopic (exact) mass is 470 g/mol. The Morgan fingerprint density at radius 2 is 1.57 bits per heavy atom. The van der Waals surface area contributed by atoms with Crippen molar-refractivity contribution in [2.75, 3.05) is 30.3 Å². The van der Waals surface area contributed by atoms with Crippen LogP contribution in [0.4, 0.5) is 11.5 Å². The summed E-state index contributed by atoms with van der Waals surface area (Å²) in [7, 11) is 0. The summed E-state index contributed by atoms with van der Waals surface area (Å²) in [6, 6.07) is 19.2. The fraction of sp³-hybridized carbons (Fsp3) is 0.379. The molecule has 6 heteroatoms. The van der Waals surface area contributed by atoms with Crippen LogP contribution in [0.1, 0.15) is 49.3 Å². The summed E-state index contributed by atoms with van der Waals surface area (Å²) in [6.45, 7) is 6.67. The highest BCUT2D eigenvalue weighted by Crippen LogP contribution is 2.36. The van der Waals surface area contributed by atoms with Crippen LogP contribution >= 0.6 is 0 Å². The Labute approximate surface area is 207 Å². The van der Waals surface area contributed by atoms with Crippen LogP contribution in [0.3, 0.4) is 0 Å². The normalized spacial score (nSPS) is 15.6. The Bertz CT molecular complexity index is 1170. The van der Waals surface area contributed by atoms with Gasteiger partial charge in [0.2, 0.25) is 11.8 Å². The van der Waals surface area contributed by atoms with Gasteiger partial charge in [-0.1, -0.05) is 61.9 Å². The number of hydrogen-bond acceptors (Lipinski definition) is 5. The number of likely N-dealkylation sites (tertiary alicyclic amines) is 1. The molecule has 2 aliphatic rings. The molecular weight excluding hydrogens is 436 g/mol. The lowest BCUT2D eigenvalue weighted by Crippen LogP contribution is -2.26. The number of rotatable bonds is 9. The molecule has 5 rings (SSSR count). The number of fused-ring (bicyclic) bond motifs is 1. The Morgan fingerprint density at radius 1 is 0.943 bits per heavy atom. The molecule has 3 heterocycles. The number of amides is 1. The predicted molar refractivity (Wildman–Crippen MR) is 140 cm³/mol. The zero-order chi connectivity index (χ0) is 24.2. The number of nitrogens with two attached hydrogens (primary N) is 1. The van der Waals surface area contributed by atoms with Crippen molar-refractivity contribution in [3.8, 4) is 17.0 Å². The maximum absolute atomic E-state index is 12.8. The average Bonchev–Trinajstić information content (AvgIpc) is 3.49. The molecule has 0 radical (unpaired) electrons. The lowest BCUT2D eigenvalue weighted by atomic mass is 10.0. The second-order valence-electron chi connectivity index (χ2n) is 9.58. The van der Waals surface area contributed by atoms with Gasteiger partial charge >= 0.3 is 0 Å². The van der Waals surface area contributed by atoms with Crippen molar-refractivity contribution in [3.05, 3.63) is 71.3 Å². The molecule has 0 aliphatic carbocycles. The van der Waals surface area contributed by atoms with Gasteiger partial charge in [0.25, 0.3) is 0 Å². The van der Waals surface area contributed by atoms with E-state index in [1.54, 1.807) is 4.90 Å². The van der Waals surface area contributed by atoms with Crippen molar-refractivity contribution < 1.29 is 9.53 Å². The van der Waals surface area contributed by atoms with Crippen molar-refractivity contribution in [1.29, 1.82) is 0 Å². The summed E-state index contributed by atoms with van der Waals surface area (Å²) < 4.78 is 5.76. The summed E-state index contributed by atoms with van der Waals surface area (Å²) in [5, 5.41) is 0. The molecule has 1 amide bonds. The maximum Gasteiger partial charge on any atom is 0.231 e. The summed E-state index contributed by atoms with van der Waals surface area (Å²) in [6.07, 6.45) is 4.91. The quantitative estimate of drug-likeness (QED) is 0.436. The van der Waals surface area contributed by atoms with Crippen LogP contribution in [0.5, 0.6) is 5.88 Å². The zero-order valence-corrected chi connectivity index (χ0v) is 20.5. The molecule has 6 nitrogen and oxygen atoms in total. The highest BCUT2D eigenvalue weighted by molar-refractivity contribution is 6.03. The van der Waals surface area contributed by atoms with Gasteiger partial charge in [-0.2, -0.15) is 4.98 Å². The van der Waals surface area contributed by atoms with E-state index in [0.717, 1.165) is 36.2 Å². The second kappa shape index (κ2) is 10.5. The van der Waals surface area contributed by atoms with Crippen molar-refractivity contribution in [2.24, 2.45) is 0 Å². The number of hydrogen-bond donors (Lipinski definition) is 1. The van der Waals surface area contributed by atoms with E-state index in [-0.39, 0.29) is 12.3 Å². The molecule has 1 fully saturated rings. The number of unbranched alkanes of at least 4 members (excludes halogenated alkanes) is 1. The Morgan fingerprint density at radius 3 is 2.20 bits per heavy atom. The predicted octanol–water partition coefficient (Wildman–Crippen LogP) is 5.19. The SMILES string of the molecule is CCCCOc1cc2c(c(N)n1)CC(=O)N2Cc1ccc(-c2ccc(CN3CCCC3)cc2)cc1. The summed E-state index contributed by atoms with van der Waals surface area (Å²) >= 11 is 0. The van der Waals surface area contributed by atoms with E-state index < -0.39 is 0 Å². The highest BCUT2D eigenvalue weighted by Gasteiger charge is 2.30. The second-order valence-corrected chi connectivity index (χ2v) is 9.58. The number of nitrogens with zero attached hydrogens (tertiary/aromatic N) is 3. The third-order valence-corrected chi connectivity index (χ3v) is 6.96. The molecule has 3 aromatic rings. The van der Waals surface area contributed by atoms with Crippen molar-refractivity contribution in [1.82, 2.24) is 9.88 Å². The molecule has 0 spiro atoms. The Kier molecular flexibility index (Phi) is 7.00. The van der Waals surface area contributed by atoms with Gasteiger partial charge in [0.15, 0.2) is 0 Å². The smallest absolute Gasteiger partial charge is 0.231 e. The number of carbonyl (C=O) groups excluding carboxylic acids is 1. The van der Waals surface area contributed by atoms with Crippen LogP contribution < -0.4 is 15.4 Å². The number of ether oxygens (including phenoxy) is 1. The molecule has 1 aromatic heterocycles. The fourth-order valence-corrected chi connectivity index (χ4v) is 4.91. The summed E-state index contributed by atoms with van der Waals surface area (Å²) in [4.78, 5) is 21.5. The number of benzene rings is 2. The number of carbonyl (C=O) groups is 1. The minimum atomic E-state index is 0.0388. The van der Waals surface area contributed by atoms with Crippen LogP contribution in [0.25, 0.3) is 11.1 Å². The Hall–Kier alpha value is -3.38. The van der Waals surface area contributed by atoms with Gasteiger partial charge in [-0.3, -0.25) is 9.69 Å². The van der Waals surface area contributed by atoms with Crippen molar-refractivity contribution >= 4 is 17.4 Å². The highest BCUT2D eigenvalue weighted by atomic mass is 16.5. The van der Waals surface area contributed by atoms with E-state index in [1.165, 1.54) is 42.6 Å². The van der Waals surface area contributed by atoms with Crippen LogP contribution in [-0.4, -0.2) is 35.5 Å². The van der Waals surface area contributed by atoms with Gasteiger partial charge in [-0.25, -0.2) is 0 Å². The first-order valence-corrected chi connectivity index (χ1v) is 12.7. The minimum Gasteiger partial charge on any atom is -0.478 e. The first-order valence-electron chi connectivity index (χ1n) is 12.7. The number of aromatic nitrogens is 1. The average molecular weight is 471 g/mol. The molecule has 2 aromatic carbocycles. The van der Waals surface area contributed by atoms with Crippen LogP contribution in [0.2, 0.25) is 0 Å². The summed E-state index contributed by atoms with van der Waals surface area (Å²) in [5.74, 6) is 0.906. The molecule has 1 saturated heterocycles. The first-order chi connectivity index (χ1) is 17.1. The van der Waals surface area contributed by atoms with Crippen LogP contribution in [0, 0.1) is 0 Å². The molecule has 182 valence electrons. The van der Waals surface area contributed by atoms with Gasteiger partial charge in [-0.15, -0.1) is 0 Å². The van der Waals surface area contributed by atoms with Crippen molar-refractivity contribution in [3.63, 3.8) is 0 Å². The van der Waals surface area contributed by atoms with E-state index in [2.05, 4.69) is 65.3 Å². The molecule has 2 N–H and O–H groups in total. The van der Waals surface area contributed by atoms with E-state index in [1.807, 2.05) is 6.07 Å². The third kappa shape index (κ3) is 5.33. The van der Waals surface area contributed by atoms with E-state index >= 15 is 0 Å². The molecule has 35 heavy (non-hydrogen) atoms. The van der Waals surface area contributed by atoms with Gasteiger partial charge < -0.3 is 15.4 Å². The standard InChI is InChI=1S/C29H34N4O2/c1-2-3-16-35-27-18-26-25(29(30)31-27)17-28(34)33(26)20-22-8-12-24(13-9-22)23-10-6-21(7-11-23)19-32-14-4-5-15-32/h6-13,18H,2-5,14-17,19-20H2,1H3,(H2,30,31). The van der Waals surface area contributed by atoms with E-state index in [9.17, 15) is 4.79 Å². The van der Waals surface area contributed by atoms with Gasteiger partial charge in [0.1, 0.15) is 5.82 Å². The van der Waals surface area contributed by atoms with Crippen LogP contribution in [-0.2, 0) is 24.3 Å². The molecule has 2 aliphatic heterocycles. The zero-order valence-electron chi connectivity index (χ0n) is 20.5. The van der Waals surface area contributed by atoms with Gasteiger partial charge in [0.05, 0.1) is 25.3 Å². The lowest BCUT2D eigenvalue weighted by Gasteiger charge is -2.19. The summed E-state index contributed by atoms with van der Waals surface area (Å²) in [5.41, 5.74) is 12.6. The van der Waals surface area contributed by atoms with Crippen molar-refractivity contribution in [2.45, 2.75) is 52.1 Å². The Balaban J connectivity index is 1.27. The number of nitrogen functional groups attached to an aromatic ring is 1. The largest absolute Gasteiger partial charge is 0.478 e. The molecule has 0 unspecified atom stereocenters. The van der Waals surface area contributed by atoms with Crippen LogP contribution in [0.15, 0.2) is 54.6 Å².